The lowest BCUT2D eigenvalue weighted by atomic mass is 10.1. The molecule has 2 atom stereocenters. The Bertz CT molecular complexity index is 1600. The van der Waals surface area contributed by atoms with Gasteiger partial charge in [-0.25, -0.2) is 4.21 Å². The molecule has 0 saturated heterocycles. The van der Waals surface area contributed by atoms with Gasteiger partial charge in [0.15, 0.2) is 14.5 Å². The number of carboxylic acids is 1. The summed E-state index contributed by atoms with van der Waals surface area (Å²) in [5.41, 5.74) is 7.87. The first-order valence-electron chi connectivity index (χ1n) is 11.2. The van der Waals surface area contributed by atoms with Gasteiger partial charge in [0.2, 0.25) is 5.91 Å². The van der Waals surface area contributed by atoms with Crippen molar-refractivity contribution in [2.24, 2.45) is 5.73 Å². The van der Waals surface area contributed by atoms with E-state index in [9.17, 15) is 13.8 Å². The summed E-state index contributed by atoms with van der Waals surface area (Å²) >= 11 is 12.6. The van der Waals surface area contributed by atoms with Gasteiger partial charge >= 0.3 is 5.97 Å². The third-order valence-electron chi connectivity index (χ3n) is 5.54. The standard InChI is InChI=1S/C24H24ClN5O5S3/c1-35-18-7-3-6-17-22(18)23(29-38(34,36)21-9-8-19(25)37-21)28-30(17)13-15-5-2-4-14(10-15)12-27-20(31)11-16(26)24(32)33/h2-10,16H,11-13,26H2,1H3,(H,27,31)(H,28,29)(H,32,33)/t16-,38?/m0/s1. The van der Waals surface area contributed by atoms with Crippen LogP contribution in [0.3, 0.4) is 0 Å². The smallest absolute Gasteiger partial charge is 0.321 e. The summed E-state index contributed by atoms with van der Waals surface area (Å²) in [5, 5.41) is 16.9. The van der Waals surface area contributed by atoms with Crippen molar-refractivity contribution < 1.29 is 23.6 Å². The lowest BCUT2D eigenvalue weighted by Crippen LogP contribution is -2.36. The number of carbonyl (C=O) groups excluding carboxylic acids is 1. The molecular weight excluding hydrogens is 570 g/mol. The fourth-order valence-electron chi connectivity index (χ4n) is 3.75. The number of aliphatic carboxylic acids is 1. The van der Waals surface area contributed by atoms with Crippen molar-refractivity contribution in [3.05, 3.63) is 70.1 Å². The molecular formula is C24H24ClN5O5S3. The second-order valence-corrected chi connectivity index (χ2v) is 13.3. The molecule has 0 fully saturated rings. The maximum absolute atomic E-state index is 13.3. The van der Waals surface area contributed by atoms with E-state index >= 15 is 0 Å². The summed E-state index contributed by atoms with van der Waals surface area (Å²) in [6, 6.07) is 15.0. The van der Waals surface area contributed by atoms with Gasteiger partial charge in [0.05, 0.1) is 35.3 Å². The maximum atomic E-state index is 13.3. The van der Waals surface area contributed by atoms with E-state index in [4.69, 9.17) is 38.4 Å². The number of carboxylic acid groups (broad SMARTS) is 1. The van der Waals surface area contributed by atoms with Gasteiger partial charge in [0.25, 0.3) is 0 Å². The molecule has 5 N–H and O–H groups in total. The van der Waals surface area contributed by atoms with Crippen molar-refractivity contribution in [2.45, 2.75) is 29.8 Å². The molecule has 0 aliphatic rings. The summed E-state index contributed by atoms with van der Waals surface area (Å²) in [4.78, 5) is 22.9. The normalized spacial score (nSPS) is 13.6. The SMILES string of the molecule is COc1cccc2c1c(NS(=O)(=S)c1ccc(Cl)s1)nn2Cc1cccc(CNC(=O)C[C@H](N)C(=O)O)c1. The molecule has 1 amide bonds. The Hall–Kier alpha value is -3.23. The number of amides is 1. The van der Waals surface area contributed by atoms with Crippen LogP contribution in [-0.2, 0) is 42.5 Å². The van der Waals surface area contributed by atoms with E-state index < -0.39 is 26.6 Å². The number of hydrogen-bond donors (Lipinski definition) is 4. The molecule has 10 nitrogen and oxygen atoms in total. The molecule has 0 aliphatic heterocycles. The van der Waals surface area contributed by atoms with Crippen LogP contribution >= 0.6 is 22.9 Å². The number of rotatable bonds is 11. The highest BCUT2D eigenvalue weighted by molar-refractivity contribution is 8.34. The molecule has 1 unspecified atom stereocenters. The topological polar surface area (TPSA) is 149 Å². The predicted octanol–water partition coefficient (Wildman–Crippen LogP) is 3.36. The van der Waals surface area contributed by atoms with Gasteiger partial charge in [-0.3, -0.25) is 19.0 Å². The van der Waals surface area contributed by atoms with Crippen molar-refractivity contribution in [2.75, 3.05) is 11.8 Å². The van der Waals surface area contributed by atoms with E-state index in [1.54, 1.807) is 30.0 Å². The number of thiophene rings is 1. The molecule has 0 aliphatic carbocycles. The molecule has 2 aromatic heterocycles. The maximum Gasteiger partial charge on any atom is 0.321 e. The van der Waals surface area contributed by atoms with Crippen LogP contribution in [0.1, 0.15) is 17.5 Å². The lowest BCUT2D eigenvalue weighted by Gasteiger charge is -2.10. The average Bonchev–Trinajstić information content (AvgIpc) is 3.47. The van der Waals surface area contributed by atoms with E-state index in [0.717, 1.165) is 28.0 Å². The number of carbonyl (C=O) groups is 2. The number of nitrogens with two attached hydrogens (primary N) is 1. The zero-order chi connectivity index (χ0) is 27.4. The van der Waals surface area contributed by atoms with E-state index in [1.165, 1.54) is 0 Å². The van der Waals surface area contributed by atoms with Gasteiger partial charge in [0, 0.05) is 17.7 Å². The zero-order valence-electron chi connectivity index (χ0n) is 20.0. The summed E-state index contributed by atoms with van der Waals surface area (Å²) in [6.07, 6.45) is -0.310. The number of hydrogen-bond acceptors (Lipinski definition) is 8. The number of ether oxygens (including phenoxy) is 1. The largest absolute Gasteiger partial charge is 0.496 e. The van der Waals surface area contributed by atoms with Crippen LogP contribution < -0.4 is 20.5 Å². The number of halogens is 1. The van der Waals surface area contributed by atoms with E-state index in [1.807, 2.05) is 36.4 Å². The van der Waals surface area contributed by atoms with Crippen LogP contribution in [0, 0.1) is 0 Å². The Labute approximate surface area is 232 Å². The molecule has 2 heterocycles. The molecule has 0 bridgehead atoms. The Kier molecular flexibility index (Phi) is 8.53. The number of methoxy groups -OCH3 is 1. The van der Waals surface area contributed by atoms with Gasteiger partial charge in [0.1, 0.15) is 16.0 Å². The number of nitrogens with zero attached hydrogens (tertiary/aromatic N) is 2. The second-order valence-electron chi connectivity index (χ2n) is 8.27. The summed E-state index contributed by atoms with van der Waals surface area (Å²) in [7, 11) is -1.56. The molecule has 0 saturated carbocycles. The van der Waals surface area contributed by atoms with Crippen molar-refractivity contribution in [3.63, 3.8) is 0 Å². The fourth-order valence-corrected chi connectivity index (χ4v) is 6.95. The first kappa shape index (κ1) is 27.8. The quantitative estimate of drug-likeness (QED) is 0.207. The van der Waals surface area contributed by atoms with Crippen molar-refractivity contribution in [1.82, 2.24) is 15.1 Å². The molecule has 4 rings (SSSR count). The lowest BCUT2D eigenvalue weighted by molar-refractivity contribution is -0.140. The molecule has 0 spiro atoms. The van der Waals surface area contributed by atoms with Crippen molar-refractivity contribution in [1.29, 1.82) is 0 Å². The molecule has 200 valence electrons. The van der Waals surface area contributed by atoms with Crippen LogP contribution in [-0.4, -0.2) is 44.1 Å². The Morgan fingerprint density at radius 3 is 2.66 bits per heavy atom. The molecule has 14 heteroatoms. The number of fused-ring (bicyclic) bond motifs is 1. The number of benzene rings is 2. The molecule has 0 radical (unpaired) electrons. The highest BCUT2D eigenvalue weighted by atomic mass is 35.5. The highest BCUT2D eigenvalue weighted by Gasteiger charge is 2.21. The van der Waals surface area contributed by atoms with Gasteiger partial charge in [-0.1, -0.05) is 41.9 Å². The Balaban J connectivity index is 1.59. The number of anilines is 1. The summed E-state index contributed by atoms with van der Waals surface area (Å²) in [5.74, 6) is -0.822. The van der Waals surface area contributed by atoms with Crippen molar-refractivity contribution in [3.8, 4) is 5.75 Å². The molecule has 2 aromatic carbocycles. The summed E-state index contributed by atoms with van der Waals surface area (Å²) in [6.45, 7) is 0.571. The van der Waals surface area contributed by atoms with Gasteiger partial charge in [-0.15, -0.1) is 11.3 Å². The van der Waals surface area contributed by atoms with Crippen LogP contribution in [0.25, 0.3) is 10.9 Å². The second kappa shape index (κ2) is 11.7. The first-order valence-corrected chi connectivity index (χ1v) is 14.9. The van der Waals surface area contributed by atoms with Gasteiger partial charge in [-0.2, -0.15) is 5.10 Å². The zero-order valence-corrected chi connectivity index (χ0v) is 23.3. The number of aromatic nitrogens is 2. The Morgan fingerprint density at radius 1 is 1.24 bits per heavy atom. The van der Waals surface area contributed by atoms with Crippen LogP contribution in [0.15, 0.2) is 58.8 Å². The Morgan fingerprint density at radius 2 is 1.97 bits per heavy atom. The van der Waals surface area contributed by atoms with Gasteiger partial charge < -0.3 is 20.9 Å². The third kappa shape index (κ3) is 6.42. The van der Waals surface area contributed by atoms with Crippen LogP contribution in [0.5, 0.6) is 5.75 Å². The first-order chi connectivity index (χ1) is 18.1. The monoisotopic (exact) mass is 593 g/mol. The molecule has 4 aromatic rings. The minimum absolute atomic E-state index is 0.209. The average molecular weight is 594 g/mol. The fraction of sp³-hybridized carbons (Fsp3) is 0.208. The number of nitrogens with one attached hydrogen (secondary N) is 2. The van der Waals surface area contributed by atoms with E-state index in [-0.39, 0.29) is 13.0 Å². The third-order valence-corrected chi connectivity index (χ3v) is 9.75. The minimum Gasteiger partial charge on any atom is -0.496 e. The van der Waals surface area contributed by atoms with E-state index in [0.29, 0.717) is 32.0 Å². The van der Waals surface area contributed by atoms with Crippen LogP contribution in [0.2, 0.25) is 4.34 Å². The predicted molar refractivity (Wildman–Crippen MR) is 151 cm³/mol. The minimum atomic E-state index is -3.10. The van der Waals surface area contributed by atoms with Crippen molar-refractivity contribution >= 4 is 71.4 Å². The highest BCUT2D eigenvalue weighted by Crippen LogP contribution is 2.35. The summed E-state index contributed by atoms with van der Waals surface area (Å²) < 4.78 is 24.5. The van der Waals surface area contributed by atoms with E-state index in [2.05, 4.69) is 15.1 Å². The van der Waals surface area contributed by atoms with Crippen LogP contribution in [0.4, 0.5) is 5.82 Å². The molecule has 38 heavy (non-hydrogen) atoms. The van der Waals surface area contributed by atoms with Gasteiger partial charge in [-0.05, 0) is 35.4 Å².